The molecule has 1 unspecified atom stereocenters. The molecule has 4 nitrogen and oxygen atoms in total. The van der Waals surface area contributed by atoms with Crippen LogP contribution in [-0.4, -0.2) is 28.7 Å². The van der Waals surface area contributed by atoms with Gasteiger partial charge in [-0.15, -0.1) is 11.3 Å². The molecule has 0 fully saturated rings. The molecule has 1 aliphatic heterocycles. The Morgan fingerprint density at radius 3 is 2.88 bits per heavy atom. The molecule has 0 spiro atoms. The molecule has 2 heterocycles. The maximum Gasteiger partial charge on any atom is 0.244 e. The Hall–Kier alpha value is -2.37. The summed E-state index contributed by atoms with van der Waals surface area (Å²) in [5, 5.41) is 5.61. The third-order valence-electron chi connectivity index (χ3n) is 4.53. The fourth-order valence-corrected chi connectivity index (χ4v) is 4.11. The summed E-state index contributed by atoms with van der Waals surface area (Å²) in [7, 11) is 0. The first-order valence-electron chi connectivity index (χ1n) is 8.39. The molecule has 1 aliphatic carbocycles. The zero-order valence-corrected chi connectivity index (χ0v) is 15.8. The van der Waals surface area contributed by atoms with Gasteiger partial charge >= 0.3 is 0 Å². The lowest BCUT2D eigenvalue weighted by Crippen LogP contribution is -2.38. The van der Waals surface area contributed by atoms with Crippen LogP contribution in [0.1, 0.15) is 18.2 Å². The Balaban J connectivity index is 1.59. The molecule has 2 aromatic rings. The number of amides is 1. The number of rotatable bonds is 4. The van der Waals surface area contributed by atoms with E-state index in [0.29, 0.717) is 5.02 Å². The number of nitrogens with one attached hydrogen (secondary N) is 1. The second kappa shape index (κ2) is 6.74. The number of anilines is 1. The largest absolute Gasteiger partial charge is 0.325 e. The molecule has 26 heavy (non-hydrogen) atoms. The number of nitrogens with zero attached hydrogens (tertiary/aromatic N) is 2. The van der Waals surface area contributed by atoms with Crippen molar-refractivity contribution in [3.05, 3.63) is 75.6 Å². The van der Waals surface area contributed by atoms with Crippen molar-refractivity contribution >= 4 is 40.4 Å². The molecule has 0 radical (unpaired) electrons. The number of carbonyl (C=O) groups is 1. The summed E-state index contributed by atoms with van der Waals surface area (Å²) in [5.41, 5.74) is 1.48. The highest BCUT2D eigenvalue weighted by molar-refractivity contribution is 7.12. The second-order valence-electron chi connectivity index (χ2n) is 6.51. The summed E-state index contributed by atoms with van der Waals surface area (Å²) in [5.74, 6) is 0.778. The molecule has 1 aromatic heterocycles. The fourth-order valence-electron chi connectivity index (χ4n) is 3.26. The summed E-state index contributed by atoms with van der Waals surface area (Å²) in [6.07, 6.45) is 7.05. The van der Waals surface area contributed by atoms with Crippen LogP contribution in [0.3, 0.4) is 0 Å². The maximum absolute atomic E-state index is 12.7. The van der Waals surface area contributed by atoms with Gasteiger partial charge in [-0.3, -0.25) is 9.79 Å². The number of hydrogen-bond donors (Lipinski definition) is 1. The van der Waals surface area contributed by atoms with E-state index in [2.05, 4.69) is 24.4 Å². The molecular weight excluding hydrogens is 366 g/mol. The normalized spacial score (nSPS) is 21.2. The smallest absolute Gasteiger partial charge is 0.244 e. The number of allylic oxidation sites excluding steroid dienone is 2. The van der Waals surface area contributed by atoms with Crippen molar-refractivity contribution in [2.45, 2.75) is 18.9 Å². The Morgan fingerprint density at radius 2 is 2.15 bits per heavy atom. The van der Waals surface area contributed by atoms with Crippen LogP contribution in [0.25, 0.3) is 0 Å². The van der Waals surface area contributed by atoms with Crippen molar-refractivity contribution in [1.82, 2.24) is 4.90 Å². The Kier molecular flexibility index (Phi) is 4.42. The summed E-state index contributed by atoms with van der Waals surface area (Å²) >= 11 is 7.54. The molecule has 6 heteroatoms. The van der Waals surface area contributed by atoms with E-state index in [1.165, 1.54) is 0 Å². The minimum atomic E-state index is -0.311. The average molecular weight is 384 g/mol. The highest BCUT2D eigenvalue weighted by Crippen LogP contribution is 2.39. The average Bonchev–Trinajstić information content (AvgIpc) is 3.23. The van der Waals surface area contributed by atoms with Crippen molar-refractivity contribution in [3.63, 3.8) is 0 Å². The number of hydrogen-bond acceptors (Lipinski definition) is 4. The number of thiophene rings is 1. The molecule has 1 atom stereocenters. The molecule has 0 saturated heterocycles. The van der Waals surface area contributed by atoms with Crippen molar-refractivity contribution in [1.29, 1.82) is 0 Å². The topological polar surface area (TPSA) is 44.7 Å². The number of fused-ring (bicyclic) bond motifs is 1. The molecule has 4 rings (SSSR count). The van der Waals surface area contributed by atoms with Gasteiger partial charge in [-0.05, 0) is 55.1 Å². The highest BCUT2D eigenvalue weighted by atomic mass is 35.5. The minimum absolute atomic E-state index is 0.0868. The van der Waals surface area contributed by atoms with E-state index in [9.17, 15) is 4.79 Å². The maximum atomic E-state index is 12.7. The lowest BCUT2D eigenvalue weighted by Gasteiger charge is -2.29. The van der Waals surface area contributed by atoms with Crippen LogP contribution in [0, 0.1) is 0 Å². The Morgan fingerprint density at radius 1 is 1.35 bits per heavy atom. The first kappa shape index (κ1) is 17.1. The summed E-state index contributed by atoms with van der Waals surface area (Å²) in [4.78, 5) is 20.7. The third kappa shape index (κ3) is 3.20. The van der Waals surface area contributed by atoms with Gasteiger partial charge in [-0.25, -0.2) is 0 Å². The van der Waals surface area contributed by atoms with Crippen LogP contribution in [-0.2, 0) is 4.79 Å². The second-order valence-corrected chi connectivity index (χ2v) is 7.90. The summed E-state index contributed by atoms with van der Waals surface area (Å²) < 4.78 is 0. The molecule has 2 aliphatic rings. The quantitative estimate of drug-likeness (QED) is 0.831. The van der Waals surface area contributed by atoms with E-state index in [1.54, 1.807) is 35.6 Å². The molecule has 1 amide bonds. The Bertz CT molecular complexity index is 915. The van der Waals surface area contributed by atoms with Gasteiger partial charge in [0, 0.05) is 16.4 Å². The van der Waals surface area contributed by atoms with Gasteiger partial charge in [0.25, 0.3) is 0 Å². The Labute approximate surface area is 161 Å². The molecule has 0 bridgehead atoms. The molecule has 0 saturated carbocycles. The van der Waals surface area contributed by atoms with Crippen LogP contribution in [0.4, 0.5) is 5.69 Å². The molecule has 132 valence electrons. The van der Waals surface area contributed by atoms with E-state index >= 15 is 0 Å². The monoisotopic (exact) mass is 383 g/mol. The van der Waals surface area contributed by atoms with Crippen LogP contribution in [0.15, 0.2) is 70.7 Å². The number of carbonyl (C=O) groups excluding carboxylic acids is 1. The van der Waals surface area contributed by atoms with Gasteiger partial charge in [-0.1, -0.05) is 29.8 Å². The third-order valence-corrected chi connectivity index (χ3v) is 5.65. The number of halogens is 1. The van der Waals surface area contributed by atoms with E-state index in [0.717, 1.165) is 28.5 Å². The zero-order chi connectivity index (χ0) is 18.1. The number of aliphatic imine (C=N–C) groups is 1. The molecular formula is C20H18ClN3OS. The predicted molar refractivity (Wildman–Crippen MR) is 108 cm³/mol. The summed E-state index contributed by atoms with van der Waals surface area (Å²) in [6, 6.07) is 11.2. The number of benzene rings is 1. The van der Waals surface area contributed by atoms with E-state index in [4.69, 9.17) is 16.6 Å². The van der Waals surface area contributed by atoms with Crippen LogP contribution >= 0.6 is 22.9 Å². The lowest BCUT2D eigenvalue weighted by atomic mass is 9.91. The number of amidine groups is 1. The summed E-state index contributed by atoms with van der Waals surface area (Å²) in [6.45, 7) is 2.33. The van der Waals surface area contributed by atoms with Crippen LogP contribution in [0.2, 0.25) is 5.02 Å². The van der Waals surface area contributed by atoms with Crippen LogP contribution < -0.4 is 5.32 Å². The van der Waals surface area contributed by atoms with E-state index in [1.807, 2.05) is 28.5 Å². The standard InChI is InChI=1S/C20H18ClN3OS/c1-20-11-3-2-6-17(20)24(19(23-20)16-5-4-12-26-16)13-18(25)22-15-9-7-14(21)8-10-15/h2-10,12H,11,13H2,1H3,(H,22,25). The van der Waals surface area contributed by atoms with Gasteiger partial charge in [0.1, 0.15) is 17.9 Å². The van der Waals surface area contributed by atoms with E-state index in [-0.39, 0.29) is 18.0 Å². The first-order valence-corrected chi connectivity index (χ1v) is 9.65. The van der Waals surface area contributed by atoms with E-state index < -0.39 is 0 Å². The lowest BCUT2D eigenvalue weighted by molar-refractivity contribution is -0.116. The minimum Gasteiger partial charge on any atom is -0.325 e. The molecule has 1 aromatic carbocycles. The van der Waals surface area contributed by atoms with Gasteiger partial charge in [0.15, 0.2) is 0 Å². The highest BCUT2D eigenvalue weighted by Gasteiger charge is 2.41. The van der Waals surface area contributed by atoms with Gasteiger partial charge in [0.05, 0.1) is 4.88 Å². The fraction of sp³-hybridized carbons (Fsp3) is 0.200. The van der Waals surface area contributed by atoms with Gasteiger partial charge < -0.3 is 10.2 Å². The van der Waals surface area contributed by atoms with Crippen molar-refractivity contribution in [2.75, 3.05) is 11.9 Å². The van der Waals surface area contributed by atoms with Crippen molar-refractivity contribution in [3.8, 4) is 0 Å². The van der Waals surface area contributed by atoms with Gasteiger partial charge in [0.2, 0.25) is 5.91 Å². The molecule has 1 N–H and O–H groups in total. The van der Waals surface area contributed by atoms with Crippen LogP contribution in [0.5, 0.6) is 0 Å². The zero-order valence-electron chi connectivity index (χ0n) is 14.3. The SMILES string of the molecule is CC12CC=CC=C1N(CC(=O)Nc1ccc(Cl)cc1)C(c1cccs1)=N2. The van der Waals surface area contributed by atoms with Gasteiger partial charge in [-0.2, -0.15) is 0 Å². The predicted octanol–water partition coefficient (Wildman–Crippen LogP) is 4.70. The first-order chi connectivity index (χ1) is 12.5. The van der Waals surface area contributed by atoms with Crippen molar-refractivity contribution in [2.24, 2.45) is 4.99 Å². The van der Waals surface area contributed by atoms with Crippen molar-refractivity contribution < 1.29 is 4.79 Å².